The zero-order chi connectivity index (χ0) is 14.4. The third kappa shape index (κ3) is 3.18. The Kier molecular flexibility index (Phi) is 5.15. The lowest BCUT2D eigenvalue weighted by atomic mass is 10.0. The number of carbonyl (C=O) groups is 1. The van der Waals surface area contributed by atoms with Crippen molar-refractivity contribution in [3.8, 4) is 11.5 Å². The standard InChI is InChI=1S/C15H18O5/c1-2-3-4-5-9-18-13-10-19-11-7-6-8-12(20-17)14(11)15(13)16/h3-4,6-8,13,17H,2,5,9-10H2,1H3. The van der Waals surface area contributed by atoms with Crippen LogP contribution in [-0.2, 0) is 4.74 Å². The molecular formula is C15H18O5. The number of ketones is 1. The van der Waals surface area contributed by atoms with Crippen LogP contribution in [0.15, 0.2) is 30.4 Å². The second kappa shape index (κ2) is 7.07. The lowest BCUT2D eigenvalue weighted by Gasteiger charge is -2.24. The molecule has 0 aliphatic carbocycles. The average molecular weight is 278 g/mol. The molecule has 1 aliphatic rings. The second-order valence-electron chi connectivity index (χ2n) is 4.42. The molecule has 1 N–H and O–H groups in total. The number of ether oxygens (including phenoxy) is 2. The molecule has 5 heteroatoms. The van der Waals surface area contributed by atoms with Crippen LogP contribution < -0.4 is 9.62 Å². The number of rotatable bonds is 6. The van der Waals surface area contributed by atoms with Gasteiger partial charge in [0.1, 0.15) is 17.9 Å². The van der Waals surface area contributed by atoms with Crippen LogP contribution in [-0.4, -0.2) is 30.4 Å². The lowest BCUT2D eigenvalue weighted by Crippen LogP contribution is -2.35. The van der Waals surface area contributed by atoms with Crippen LogP contribution in [0.25, 0.3) is 0 Å². The summed E-state index contributed by atoms with van der Waals surface area (Å²) < 4.78 is 11.0. The minimum absolute atomic E-state index is 0.0895. The molecule has 0 aromatic heterocycles. The van der Waals surface area contributed by atoms with Crippen molar-refractivity contribution in [3.05, 3.63) is 35.9 Å². The number of fused-ring (bicyclic) bond motifs is 1. The van der Waals surface area contributed by atoms with Gasteiger partial charge in [0.2, 0.25) is 5.78 Å². The Hall–Kier alpha value is -1.85. The number of benzene rings is 1. The molecule has 20 heavy (non-hydrogen) atoms. The van der Waals surface area contributed by atoms with E-state index in [4.69, 9.17) is 14.7 Å². The van der Waals surface area contributed by atoms with Gasteiger partial charge < -0.3 is 14.4 Å². The molecule has 0 saturated carbocycles. The molecule has 0 amide bonds. The van der Waals surface area contributed by atoms with Crippen LogP contribution >= 0.6 is 0 Å². The predicted molar refractivity (Wildman–Crippen MR) is 73.3 cm³/mol. The van der Waals surface area contributed by atoms with E-state index in [1.54, 1.807) is 12.1 Å². The number of hydrogen-bond acceptors (Lipinski definition) is 5. The van der Waals surface area contributed by atoms with E-state index < -0.39 is 6.10 Å². The van der Waals surface area contributed by atoms with Crippen molar-refractivity contribution >= 4 is 5.78 Å². The molecule has 1 atom stereocenters. The van der Waals surface area contributed by atoms with Gasteiger partial charge in [-0.3, -0.25) is 4.79 Å². The minimum Gasteiger partial charge on any atom is -0.489 e. The summed E-state index contributed by atoms with van der Waals surface area (Å²) in [5.74, 6) is 0.273. The zero-order valence-electron chi connectivity index (χ0n) is 11.4. The normalized spacial score (nSPS) is 17.9. The topological polar surface area (TPSA) is 65.0 Å². The molecule has 0 saturated heterocycles. The lowest BCUT2D eigenvalue weighted by molar-refractivity contribution is -0.138. The molecule has 1 aromatic carbocycles. The zero-order valence-corrected chi connectivity index (χ0v) is 11.4. The fourth-order valence-electron chi connectivity index (χ4n) is 2.04. The highest BCUT2D eigenvalue weighted by Gasteiger charge is 2.32. The van der Waals surface area contributed by atoms with Gasteiger partial charge in [0.05, 0.1) is 6.61 Å². The molecule has 0 bridgehead atoms. The monoisotopic (exact) mass is 278 g/mol. The highest BCUT2D eigenvalue weighted by atomic mass is 17.1. The van der Waals surface area contributed by atoms with Crippen molar-refractivity contribution in [1.29, 1.82) is 0 Å². The van der Waals surface area contributed by atoms with Crippen molar-refractivity contribution < 1.29 is 24.4 Å². The second-order valence-corrected chi connectivity index (χ2v) is 4.42. The molecule has 108 valence electrons. The van der Waals surface area contributed by atoms with Gasteiger partial charge in [-0.05, 0) is 25.0 Å². The molecule has 1 heterocycles. The van der Waals surface area contributed by atoms with Crippen LogP contribution in [0, 0.1) is 0 Å². The largest absolute Gasteiger partial charge is 0.489 e. The van der Waals surface area contributed by atoms with Crippen LogP contribution in [0.1, 0.15) is 30.1 Å². The van der Waals surface area contributed by atoms with E-state index in [0.29, 0.717) is 12.4 Å². The molecule has 0 fully saturated rings. The molecule has 1 aliphatic heterocycles. The van der Waals surface area contributed by atoms with Gasteiger partial charge in [-0.1, -0.05) is 25.1 Å². The summed E-state index contributed by atoms with van der Waals surface area (Å²) in [7, 11) is 0. The van der Waals surface area contributed by atoms with Gasteiger partial charge in [0, 0.05) is 0 Å². The van der Waals surface area contributed by atoms with Gasteiger partial charge in [-0.2, -0.15) is 0 Å². The molecular weight excluding hydrogens is 260 g/mol. The van der Waals surface area contributed by atoms with Crippen molar-refractivity contribution in [3.63, 3.8) is 0 Å². The van der Waals surface area contributed by atoms with Gasteiger partial charge >= 0.3 is 0 Å². The Morgan fingerprint density at radius 1 is 1.45 bits per heavy atom. The van der Waals surface area contributed by atoms with Gasteiger partial charge in [-0.25, -0.2) is 5.26 Å². The summed E-state index contributed by atoms with van der Waals surface area (Å²) in [6.45, 7) is 2.69. The number of Topliss-reactive ketones (excluding diaryl/α,β-unsaturated/α-hetero) is 1. The molecule has 5 nitrogen and oxygen atoms in total. The molecule has 0 radical (unpaired) electrons. The number of hydrogen-bond donors (Lipinski definition) is 1. The van der Waals surface area contributed by atoms with Gasteiger partial charge in [-0.15, -0.1) is 0 Å². The van der Waals surface area contributed by atoms with E-state index in [-0.39, 0.29) is 23.7 Å². The summed E-state index contributed by atoms with van der Waals surface area (Å²) in [4.78, 5) is 16.5. The van der Waals surface area contributed by atoms with E-state index in [1.165, 1.54) is 6.07 Å². The molecule has 2 rings (SSSR count). The van der Waals surface area contributed by atoms with E-state index in [1.807, 2.05) is 6.08 Å². The Balaban J connectivity index is 2.02. The Morgan fingerprint density at radius 2 is 2.30 bits per heavy atom. The quantitative estimate of drug-likeness (QED) is 0.375. The van der Waals surface area contributed by atoms with Crippen LogP contribution in [0.4, 0.5) is 0 Å². The Morgan fingerprint density at radius 3 is 3.05 bits per heavy atom. The maximum atomic E-state index is 12.3. The first-order valence-corrected chi connectivity index (χ1v) is 6.66. The molecule has 1 aromatic rings. The van der Waals surface area contributed by atoms with Gasteiger partial charge in [0.25, 0.3) is 0 Å². The first-order chi connectivity index (χ1) is 9.77. The van der Waals surface area contributed by atoms with Crippen molar-refractivity contribution in [1.82, 2.24) is 0 Å². The summed E-state index contributed by atoms with van der Waals surface area (Å²) in [6.07, 6.45) is 5.15. The Labute approximate surface area is 117 Å². The first kappa shape index (κ1) is 14.6. The smallest absolute Gasteiger partial charge is 0.202 e. The van der Waals surface area contributed by atoms with E-state index in [2.05, 4.69) is 17.9 Å². The SMILES string of the molecule is CCC=CCCOC1COc2cccc(OO)c2C1=O. The average Bonchev–Trinajstić information content (AvgIpc) is 2.48. The minimum atomic E-state index is -0.658. The van der Waals surface area contributed by atoms with E-state index >= 15 is 0 Å². The number of carbonyl (C=O) groups excluding carboxylic acids is 1. The molecule has 1 unspecified atom stereocenters. The fraction of sp³-hybridized carbons (Fsp3) is 0.400. The summed E-state index contributed by atoms with van der Waals surface area (Å²) in [6, 6.07) is 4.82. The van der Waals surface area contributed by atoms with Crippen molar-refractivity contribution in [2.24, 2.45) is 0 Å². The van der Waals surface area contributed by atoms with E-state index in [0.717, 1.165) is 12.8 Å². The van der Waals surface area contributed by atoms with Crippen molar-refractivity contribution in [2.75, 3.05) is 13.2 Å². The Bertz CT molecular complexity index is 481. The molecule has 0 spiro atoms. The summed E-state index contributed by atoms with van der Waals surface area (Å²) in [5.41, 5.74) is 0.232. The van der Waals surface area contributed by atoms with Crippen LogP contribution in [0.2, 0.25) is 0 Å². The maximum absolute atomic E-state index is 12.3. The third-order valence-electron chi connectivity index (χ3n) is 3.02. The summed E-state index contributed by atoms with van der Waals surface area (Å²) in [5, 5.41) is 8.81. The third-order valence-corrected chi connectivity index (χ3v) is 3.02. The van der Waals surface area contributed by atoms with Crippen LogP contribution in [0.5, 0.6) is 11.5 Å². The predicted octanol–water partition coefficient (Wildman–Crippen LogP) is 2.86. The van der Waals surface area contributed by atoms with Crippen molar-refractivity contribution in [2.45, 2.75) is 25.9 Å². The van der Waals surface area contributed by atoms with Gasteiger partial charge in [0.15, 0.2) is 11.9 Å². The van der Waals surface area contributed by atoms with Crippen LogP contribution in [0.3, 0.4) is 0 Å². The van der Waals surface area contributed by atoms with E-state index in [9.17, 15) is 4.79 Å². The maximum Gasteiger partial charge on any atom is 0.202 e. The highest BCUT2D eigenvalue weighted by Crippen LogP contribution is 2.33. The number of allylic oxidation sites excluding steroid dienone is 1. The fourth-order valence-corrected chi connectivity index (χ4v) is 2.04. The first-order valence-electron chi connectivity index (χ1n) is 6.66. The summed E-state index contributed by atoms with van der Waals surface area (Å²) >= 11 is 0. The highest BCUT2D eigenvalue weighted by molar-refractivity contribution is 6.05.